The molecule has 106 valence electrons. The van der Waals surface area contributed by atoms with Crippen LogP contribution in [0.5, 0.6) is 0 Å². The van der Waals surface area contributed by atoms with Crippen molar-refractivity contribution in [2.75, 3.05) is 0 Å². The molecule has 0 radical (unpaired) electrons. The van der Waals surface area contributed by atoms with Crippen molar-refractivity contribution in [3.8, 4) is 11.3 Å². The van der Waals surface area contributed by atoms with Crippen molar-refractivity contribution in [1.82, 2.24) is 9.72 Å². The molecule has 2 heterocycles. The third kappa shape index (κ3) is 2.96. The van der Waals surface area contributed by atoms with Gasteiger partial charge in [-0.25, -0.2) is 0 Å². The third-order valence-electron chi connectivity index (χ3n) is 2.80. The standard InChI is InChI=1S/C14H10ClN3O2S/c1-18-5-6-21-14(18)16-13(19)11-8-12(20-17-11)9-3-2-4-10(15)7-9/h2-8H,1H3. The van der Waals surface area contributed by atoms with Gasteiger partial charge in [0.15, 0.2) is 16.3 Å². The first-order valence-electron chi connectivity index (χ1n) is 6.05. The first-order valence-corrected chi connectivity index (χ1v) is 7.31. The van der Waals surface area contributed by atoms with E-state index in [0.717, 1.165) is 5.56 Å². The first-order chi connectivity index (χ1) is 10.1. The quantitative estimate of drug-likeness (QED) is 0.729. The molecule has 21 heavy (non-hydrogen) atoms. The molecular weight excluding hydrogens is 310 g/mol. The topological polar surface area (TPSA) is 60.4 Å². The highest BCUT2D eigenvalue weighted by Gasteiger charge is 2.13. The molecule has 0 spiro atoms. The van der Waals surface area contributed by atoms with Gasteiger partial charge < -0.3 is 9.09 Å². The molecule has 1 aromatic carbocycles. The van der Waals surface area contributed by atoms with Gasteiger partial charge in [-0.2, -0.15) is 4.99 Å². The summed E-state index contributed by atoms with van der Waals surface area (Å²) >= 11 is 7.30. The second kappa shape index (κ2) is 5.67. The molecule has 0 fully saturated rings. The van der Waals surface area contributed by atoms with Crippen LogP contribution in [-0.2, 0) is 7.05 Å². The number of amides is 1. The van der Waals surface area contributed by atoms with Gasteiger partial charge in [0, 0.05) is 35.3 Å². The molecule has 1 amide bonds. The van der Waals surface area contributed by atoms with Crippen molar-refractivity contribution < 1.29 is 9.32 Å². The molecule has 0 unspecified atom stereocenters. The Kier molecular flexibility index (Phi) is 3.72. The molecule has 7 heteroatoms. The molecule has 3 aromatic rings. The maximum Gasteiger partial charge on any atom is 0.301 e. The number of carbonyl (C=O) groups excluding carboxylic acids is 1. The number of halogens is 1. The molecule has 0 aliphatic carbocycles. The molecule has 0 saturated carbocycles. The molecule has 2 aromatic heterocycles. The zero-order valence-electron chi connectivity index (χ0n) is 11.0. The van der Waals surface area contributed by atoms with Crippen molar-refractivity contribution >= 4 is 28.8 Å². The Morgan fingerprint density at radius 1 is 1.43 bits per heavy atom. The zero-order valence-corrected chi connectivity index (χ0v) is 12.6. The number of aromatic nitrogens is 2. The number of aryl methyl sites for hydroxylation is 1. The predicted octanol–water partition coefficient (Wildman–Crippen LogP) is 3.14. The zero-order chi connectivity index (χ0) is 14.8. The smallest absolute Gasteiger partial charge is 0.301 e. The predicted molar refractivity (Wildman–Crippen MR) is 80.1 cm³/mol. The van der Waals surface area contributed by atoms with Gasteiger partial charge in [-0.1, -0.05) is 28.9 Å². The minimum atomic E-state index is -0.440. The average molecular weight is 320 g/mol. The molecule has 0 aliphatic heterocycles. The highest BCUT2D eigenvalue weighted by atomic mass is 35.5. The fourth-order valence-electron chi connectivity index (χ4n) is 1.73. The van der Waals surface area contributed by atoms with Crippen LogP contribution < -0.4 is 4.80 Å². The van der Waals surface area contributed by atoms with E-state index in [4.69, 9.17) is 16.1 Å². The maximum absolute atomic E-state index is 12.1. The minimum absolute atomic E-state index is 0.165. The summed E-state index contributed by atoms with van der Waals surface area (Å²) in [5.41, 5.74) is 0.925. The fraction of sp³-hybridized carbons (Fsp3) is 0.0714. The lowest BCUT2D eigenvalue weighted by atomic mass is 10.1. The highest BCUT2D eigenvalue weighted by molar-refractivity contribution is 7.07. The molecule has 0 aliphatic rings. The van der Waals surface area contributed by atoms with Crippen molar-refractivity contribution in [1.29, 1.82) is 0 Å². The number of hydrogen-bond donors (Lipinski definition) is 0. The summed E-state index contributed by atoms with van der Waals surface area (Å²) in [7, 11) is 1.82. The summed E-state index contributed by atoms with van der Waals surface area (Å²) in [5.74, 6) is 0.0386. The number of benzene rings is 1. The molecule has 0 N–H and O–H groups in total. The average Bonchev–Trinajstić information content (AvgIpc) is 3.09. The minimum Gasteiger partial charge on any atom is -0.355 e. The van der Waals surface area contributed by atoms with Gasteiger partial charge in [-0.15, -0.1) is 11.3 Å². The summed E-state index contributed by atoms with van der Waals surface area (Å²) in [6, 6.07) is 8.70. The Morgan fingerprint density at radius 3 is 3.00 bits per heavy atom. The summed E-state index contributed by atoms with van der Waals surface area (Å²) < 4.78 is 6.95. The number of nitrogens with zero attached hydrogens (tertiary/aromatic N) is 3. The monoisotopic (exact) mass is 319 g/mol. The van der Waals surface area contributed by atoms with Crippen LogP contribution in [-0.4, -0.2) is 15.6 Å². The summed E-state index contributed by atoms with van der Waals surface area (Å²) in [4.78, 5) is 16.7. The van der Waals surface area contributed by atoms with Crippen molar-refractivity contribution in [2.24, 2.45) is 12.0 Å². The Morgan fingerprint density at radius 2 is 2.29 bits per heavy atom. The van der Waals surface area contributed by atoms with E-state index in [1.165, 1.54) is 11.3 Å². The van der Waals surface area contributed by atoms with Gasteiger partial charge in [-0.3, -0.25) is 4.79 Å². The summed E-state index contributed by atoms with van der Waals surface area (Å²) in [6.07, 6.45) is 1.83. The van der Waals surface area contributed by atoms with Crippen LogP contribution in [0.4, 0.5) is 0 Å². The number of carbonyl (C=O) groups is 1. The van der Waals surface area contributed by atoms with E-state index >= 15 is 0 Å². The lowest BCUT2D eigenvalue weighted by Crippen LogP contribution is -2.12. The van der Waals surface area contributed by atoms with Crippen molar-refractivity contribution in [2.45, 2.75) is 0 Å². The van der Waals surface area contributed by atoms with E-state index in [-0.39, 0.29) is 5.69 Å². The largest absolute Gasteiger partial charge is 0.355 e. The van der Waals surface area contributed by atoms with E-state index in [0.29, 0.717) is 15.6 Å². The number of rotatable bonds is 2. The van der Waals surface area contributed by atoms with Gasteiger partial charge in [0.25, 0.3) is 0 Å². The number of thiazole rings is 1. The van der Waals surface area contributed by atoms with Gasteiger partial charge in [0.1, 0.15) is 0 Å². The van der Waals surface area contributed by atoms with Gasteiger partial charge in [0.2, 0.25) is 0 Å². The van der Waals surface area contributed by atoms with E-state index in [9.17, 15) is 4.79 Å². The van der Waals surface area contributed by atoms with Gasteiger partial charge >= 0.3 is 5.91 Å². The molecule has 3 rings (SSSR count). The van der Waals surface area contributed by atoms with Crippen LogP contribution >= 0.6 is 22.9 Å². The SMILES string of the molecule is Cn1ccsc1=NC(=O)c1cc(-c2cccc(Cl)c2)on1. The first kappa shape index (κ1) is 13.8. The van der Waals surface area contributed by atoms with Crippen LogP contribution in [0.3, 0.4) is 0 Å². The van der Waals surface area contributed by atoms with Crippen LogP contribution in [0.25, 0.3) is 11.3 Å². The molecular formula is C14H10ClN3O2S. The van der Waals surface area contributed by atoms with E-state index in [2.05, 4.69) is 10.1 Å². The van der Waals surface area contributed by atoms with E-state index in [1.54, 1.807) is 28.8 Å². The Hall–Kier alpha value is -2.18. The van der Waals surface area contributed by atoms with Crippen LogP contribution in [0.1, 0.15) is 10.5 Å². The molecule has 0 atom stereocenters. The fourth-order valence-corrected chi connectivity index (χ4v) is 2.65. The van der Waals surface area contributed by atoms with Crippen molar-refractivity contribution in [3.63, 3.8) is 0 Å². The molecule has 0 saturated heterocycles. The van der Waals surface area contributed by atoms with Crippen LogP contribution in [0, 0.1) is 0 Å². The highest BCUT2D eigenvalue weighted by Crippen LogP contribution is 2.23. The van der Waals surface area contributed by atoms with E-state index < -0.39 is 5.91 Å². The summed E-state index contributed by atoms with van der Waals surface area (Å²) in [6.45, 7) is 0. The molecule has 0 bridgehead atoms. The Balaban J connectivity index is 1.92. The third-order valence-corrected chi connectivity index (χ3v) is 3.88. The Bertz CT molecular complexity index is 863. The van der Waals surface area contributed by atoms with Crippen molar-refractivity contribution in [3.05, 3.63) is 57.4 Å². The number of hydrogen-bond acceptors (Lipinski definition) is 4. The second-order valence-electron chi connectivity index (χ2n) is 4.30. The lowest BCUT2D eigenvalue weighted by molar-refractivity contribution is 0.0989. The summed E-state index contributed by atoms with van der Waals surface area (Å²) in [5, 5.41) is 6.21. The second-order valence-corrected chi connectivity index (χ2v) is 5.61. The van der Waals surface area contributed by atoms with Crippen LogP contribution in [0.2, 0.25) is 5.02 Å². The van der Waals surface area contributed by atoms with Crippen LogP contribution in [0.15, 0.2) is 51.4 Å². The molecule has 5 nitrogen and oxygen atoms in total. The van der Waals surface area contributed by atoms with Gasteiger partial charge in [0.05, 0.1) is 0 Å². The van der Waals surface area contributed by atoms with E-state index in [1.807, 2.05) is 24.7 Å². The van der Waals surface area contributed by atoms with Gasteiger partial charge in [-0.05, 0) is 12.1 Å². The normalized spacial score (nSPS) is 11.8. The Labute approximate surface area is 129 Å². The maximum atomic E-state index is 12.1. The lowest BCUT2D eigenvalue weighted by Gasteiger charge is -1.94.